The lowest BCUT2D eigenvalue weighted by Gasteiger charge is -2.21. The van der Waals surface area contributed by atoms with Crippen molar-refractivity contribution >= 4 is 32.7 Å². The van der Waals surface area contributed by atoms with Crippen LogP contribution in [0.15, 0.2) is 71.3 Å². The molecule has 2 heterocycles. The summed E-state index contributed by atoms with van der Waals surface area (Å²) < 4.78 is 14.3. The molecule has 0 fully saturated rings. The molecule has 4 aromatic rings. The Balaban J connectivity index is 1.78. The van der Waals surface area contributed by atoms with Crippen molar-refractivity contribution in [3.63, 3.8) is 0 Å². The van der Waals surface area contributed by atoms with Gasteiger partial charge in [0.2, 0.25) is 0 Å². The molecule has 0 saturated heterocycles. The van der Waals surface area contributed by atoms with Gasteiger partial charge in [0.05, 0.1) is 9.99 Å². The quantitative estimate of drug-likeness (QED) is 0.451. The fourth-order valence-corrected chi connectivity index (χ4v) is 3.19. The molecule has 2 aromatic heterocycles. The van der Waals surface area contributed by atoms with E-state index in [1.54, 1.807) is 12.3 Å². The molecule has 4 rings (SSSR count). The van der Waals surface area contributed by atoms with Gasteiger partial charge in [0, 0.05) is 25.2 Å². The normalized spacial score (nSPS) is 10.9. The van der Waals surface area contributed by atoms with E-state index in [0.29, 0.717) is 22.5 Å². The Morgan fingerprint density at radius 3 is 2.59 bits per heavy atom. The maximum atomic E-state index is 13.9. The van der Waals surface area contributed by atoms with Crippen LogP contribution in [0.3, 0.4) is 0 Å². The third-order valence-electron chi connectivity index (χ3n) is 4.24. The molecule has 0 N–H and O–H groups in total. The molecule has 27 heavy (non-hydrogen) atoms. The highest BCUT2D eigenvalue weighted by molar-refractivity contribution is 9.10. The predicted molar refractivity (Wildman–Crippen MR) is 109 cm³/mol. The minimum absolute atomic E-state index is 0.275. The molecule has 0 atom stereocenters. The summed E-state index contributed by atoms with van der Waals surface area (Å²) in [5, 5.41) is 0.942. The molecule has 0 spiro atoms. The van der Waals surface area contributed by atoms with Crippen molar-refractivity contribution in [1.29, 1.82) is 0 Å². The minimum atomic E-state index is -0.275. The van der Waals surface area contributed by atoms with Gasteiger partial charge in [0.1, 0.15) is 17.3 Å². The zero-order chi connectivity index (χ0) is 18.8. The molecule has 0 amide bonds. The van der Waals surface area contributed by atoms with Crippen molar-refractivity contribution in [2.75, 3.05) is 11.9 Å². The SMILES string of the molecule is CN(Cc1ccc(Br)c(F)c1)c1nc(-c2ccccn2)nc2ccccc12. The van der Waals surface area contributed by atoms with Crippen LogP contribution < -0.4 is 4.90 Å². The van der Waals surface area contributed by atoms with E-state index in [1.807, 2.05) is 60.5 Å². The van der Waals surface area contributed by atoms with Crippen LogP contribution in [0.25, 0.3) is 22.4 Å². The summed E-state index contributed by atoms with van der Waals surface area (Å²) >= 11 is 3.19. The van der Waals surface area contributed by atoms with Crippen LogP contribution >= 0.6 is 15.9 Å². The number of rotatable bonds is 4. The minimum Gasteiger partial charge on any atom is -0.355 e. The van der Waals surface area contributed by atoms with Gasteiger partial charge in [-0.2, -0.15) is 0 Å². The van der Waals surface area contributed by atoms with E-state index >= 15 is 0 Å². The summed E-state index contributed by atoms with van der Waals surface area (Å²) in [4.78, 5) is 15.8. The molecular formula is C21H16BrFN4. The fourth-order valence-electron chi connectivity index (χ4n) is 2.95. The highest BCUT2D eigenvalue weighted by atomic mass is 79.9. The van der Waals surface area contributed by atoms with E-state index in [9.17, 15) is 4.39 Å². The number of fused-ring (bicyclic) bond motifs is 1. The molecule has 0 aliphatic heterocycles. The second-order valence-electron chi connectivity index (χ2n) is 6.21. The Hall–Kier alpha value is -2.86. The smallest absolute Gasteiger partial charge is 0.180 e. The van der Waals surface area contributed by atoms with Gasteiger partial charge in [-0.25, -0.2) is 14.4 Å². The zero-order valence-corrected chi connectivity index (χ0v) is 16.2. The summed E-state index contributed by atoms with van der Waals surface area (Å²) in [6, 6.07) is 18.7. The summed E-state index contributed by atoms with van der Waals surface area (Å²) in [6.45, 7) is 0.521. The molecule has 0 aliphatic carbocycles. The van der Waals surface area contributed by atoms with Crippen LogP contribution in [0.1, 0.15) is 5.56 Å². The summed E-state index contributed by atoms with van der Waals surface area (Å²) in [6.07, 6.45) is 1.72. The van der Waals surface area contributed by atoms with Crippen LogP contribution in [0, 0.1) is 5.82 Å². The Kier molecular flexibility index (Phi) is 4.81. The number of hydrogen-bond donors (Lipinski definition) is 0. The van der Waals surface area contributed by atoms with Gasteiger partial charge < -0.3 is 4.90 Å². The predicted octanol–water partition coefficient (Wildman–Crippen LogP) is 5.23. The van der Waals surface area contributed by atoms with Crippen LogP contribution in [0.2, 0.25) is 0 Å². The van der Waals surface area contributed by atoms with Gasteiger partial charge in [0.15, 0.2) is 5.82 Å². The van der Waals surface area contributed by atoms with E-state index in [1.165, 1.54) is 6.07 Å². The highest BCUT2D eigenvalue weighted by Gasteiger charge is 2.14. The molecule has 0 saturated carbocycles. The summed E-state index contributed by atoms with van der Waals surface area (Å²) in [5.74, 6) is 1.07. The number of anilines is 1. The Bertz CT molecular complexity index is 1100. The average molecular weight is 423 g/mol. The van der Waals surface area contributed by atoms with Crippen LogP contribution in [0.5, 0.6) is 0 Å². The number of nitrogens with zero attached hydrogens (tertiary/aromatic N) is 4. The highest BCUT2D eigenvalue weighted by Crippen LogP contribution is 2.27. The number of para-hydroxylation sites is 1. The summed E-state index contributed by atoms with van der Waals surface area (Å²) in [7, 11) is 1.94. The van der Waals surface area contributed by atoms with Crippen molar-refractivity contribution in [2.24, 2.45) is 0 Å². The average Bonchev–Trinajstić information content (AvgIpc) is 2.70. The van der Waals surface area contributed by atoms with Gasteiger partial charge in [-0.15, -0.1) is 0 Å². The molecular weight excluding hydrogens is 407 g/mol. The second-order valence-corrected chi connectivity index (χ2v) is 7.06. The first-order chi connectivity index (χ1) is 13.1. The van der Waals surface area contributed by atoms with Gasteiger partial charge in [-0.3, -0.25) is 4.98 Å². The van der Waals surface area contributed by atoms with Crippen molar-refractivity contribution < 1.29 is 4.39 Å². The molecule has 0 aliphatic rings. The monoisotopic (exact) mass is 422 g/mol. The molecule has 6 heteroatoms. The molecule has 0 radical (unpaired) electrons. The number of benzene rings is 2. The van der Waals surface area contributed by atoms with Gasteiger partial charge in [-0.05, 0) is 57.9 Å². The maximum Gasteiger partial charge on any atom is 0.180 e. The lowest BCUT2D eigenvalue weighted by molar-refractivity contribution is 0.618. The maximum absolute atomic E-state index is 13.9. The van der Waals surface area contributed by atoms with E-state index in [-0.39, 0.29) is 5.82 Å². The Morgan fingerprint density at radius 1 is 1.00 bits per heavy atom. The number of aromatic nitrogens is 3. The first-order valence-corrected chi connectivity index (χ1v) is 9.24. The number of pyridine rings is 1. The van der Waals surface area contributed by atoms with Crippen molar-refractivity contribution in [3.8, 4) is 11.5 Å². The van der Waals surface area contributed by atoms with E-state index < -0.39 is 0 Å². The lowest BCUT2D eigenvalue weighted by atomic mass is 10.2. The number of halogens is 2. The van der Waals surface area contributed by atoms with Crippen molar-refractivity contribution in [1.82, 2.24) is 15.0 Å². The van der Waals surface area contributed by atoms with Crippen LogP contribution in [-0.2, 0) is 6.54 Å². The molecule has 2 aromatic carbocycles. The standard InChI is InChI=1S/C21H16BrFN4/c1-27(13-14-9-10-16(22)17(23)12-14)21-15-6-2-3-7-18(15)25-20(26-21)19-8-4-5-11-24-19/h2-12H,13H2,1H3. The van der Waals surface area contributed by atoms with Crippen LogP contribution in [0.4, 0.5) is 10.2 Å². The van der Waals surface area contributed by atoms with Crippen molar-refractivity contribution in [2.45, 2.75) is 6.54 Å². The largest absolute Gasteiger partial charge is 0.355 e. The number of hydrogen-bond acceptors (Lipinski definition) is 4. The van der Waals surface area contributed by atoms with E-state index in [2.05, 4.69) is 25.9 Å². The summed E-state index contributed by atoms with van der Waals surface area (Å²) in [5.41, 5.74) is 2.42. The van der Waals surface area contributed by atoms with Gasteiger partial charge in [-0.1, -0.05) is 24.3 Å². The molecule has 0 unspecified atom stereocenters. The zero-order valence-electron chi connectivity index (χ0n) is 14.6. The lowest BCUT2D eigenvalue weighted by Crippen LogP contribution is -2.19. The molecule has 134 valence electrons. The second kappa shape index (κ2) is 7.40. The molecule has 4 nitrogen and oxygen atoms in total. The van der Waals surface area contributed by atoms with Gasteiger partial charge >= 0.3 is 0 Å². The van der Waals surface area contributed by atoms with E-state index in [0.717, 1.165) is 22.3 Å². The topological polar surface area (TPSA) is 41.9 Å². The third-order valence-corrected chi connectivity index (χ3v) is 4.89. The first kappa shape index (κ1) is 17.5. The fraction of sp³-hybridized carbons (Fsp3) is 0.0952. The first-order valence-electron chi connectivity index (χ1n) is 8.45. The molecule has 0 bridgehead atoms. The third kappa shape index (κ3) is 3.66. The Morgan fingerprint density at radius 2 is 1.81 bits per heavy atom. The van der Waals surface area contributed by atoms with E-state index in [4.69, 9.17) is 4.98 Å². The van der Waals surface area contributed by atoms with Crippen molar-refractivity contribution in [3.05, 3.63) is 82.7 Å². The van der Waals surface area contributed by atoms with Crippen LogP contribution in [-0.4, -0.2) is 22.0 Å². The van der Waals surface area contributed by atoms with Gasteiger partial charge in [0.25, 0.3) is 0 Å². The Labute approximate surface area is 164 Å².